The zero-order valence-corrected chi connectivity index (χ0v) is 17.2. The van der Waals surface area contributed by atoms with Gasteiger partial charge in [-0.3, -0.25) is 4.79 Å². The van der Waals surface area contributed by atoms with E-state index in [0.29, 0.717) is 39.0 Å². The summed E-state index contributed by atoms with van der Waals surface area (Å²) in [6.07, 6.45) is 0.318. The predicted molar refractivity (Wildman–Crippen MR) is 100.0 cm³/mol. The van der Waals surface area contributed by atoms with Gasteiger partial charge in [0.25, 0.3) is 0 Å². The Morgan fingerprint density at radius 1 is 0.769 bits per heavy atom. The van der Waals surface area contributed by atoms with Crippen LogP contribution in [0.4, 0.5) is 9.59 Å². The fourth-order valence-electron chi connectivity index (χ4n) is 1.98. The maximum absolute atomic E-state index is 11.7. The normalized spacial score (nSPS) is 11.5. The molecule has 0 unspecified atom stereocenters. The van der Waals surface area contributed by atoms with E-state index in [9.17, 15) is 14.4 Å². The van der Waals surface area contributed by atoms with Gasteiger partial charge in [-0.25, -0.2) is 9.59 Å². The number of hydrogen-bond acceptors (Lipinski definition) is 5. The molecule has 0 rings (SSSR count). The molecule has 0 radical (unpaired) electrons. The smallest absolute Gasteiger partial charge is 0.407 e. The van der Waals surface area contributed by atoms with Gasteiger partial charge in [-0.15, -0.1) is 0 Å². The zero-order chi connectivity index (χ0) is 20.4. The molecule has 0 aliphatic heterocycles. The van der Waals surface area contributed by atoms with E-state index in [-0.39, 0.29) is 5.91 Å². The Morgan fingerprint density at radius 3 is 1.38 bits per heavy atom. The van der Waals surface area contributed by atoms with Crippen LogP contribution in [0.2, 0.25) is 0 Å². The van der Waals surface area contributed by atoms with Crippen LogP contribution in [0.15, 0.2) is 0 Å². The molecule has 2 N–H and O–H groups in total. The number of hydrogen-bond donors (Lipinski definition) is 2. The molecule has 0 saturated heterocycles. The van der Waals surface area contributed by atoms with Gasteiger partial charge in [0.15, 0.2) is 0 Å². The van der Waals surface area contributed by atoms with Crippen molar-refractivity contribution in [3.63, 3.8) is 0 Å². The van der Waals surface area contributed by atoms with Crippen LogP contribution in [0.25, 0.3) is 0 Å². The monoisotopic (exact) mass is 373 g/mol. The van der Waals surface area contributed by atoms with Crippen molar-refractivity contribution < 1.29 is 23.9 Å². The van der Waals surface area contributed by atoms with Crippen LogP contribution in [0.5, 0.6) is 0 Å². The number of alkyl carbamates (subject to hydrolysis) is 2. The number of nitrogens with zero attached hydrogens (tertiary/aromatic N) is 1. The molecule has 152 valence electrons. The van der Waals surface area contributed by atoms with E-state index in [0.717, 1.165) is 0 Å². The Balaban J connectivity index is 3.99. The van der Waals surface area contributed by atoms with Crippen molar-refractivity contribution in [1.82, 2.24) is 15.5 Å². The van der Waals surface area contributed by atoms with E-state index in [1.807, 2.05) is 0 Å². The number of carbonyl (C=O) groups is 3. The lowest BCUT2D eigenvalue weighted by Crippen LogP contribution is -2.37. The van der Waals surface area contributed by atoms with Gasteiger partial charge in [-0.05, 0) is 54.4 Å². The van der Waals surface area contributed by atoms with E-state index in [4.69, 9.17) is 9.47 Å². The second-order valence-electron chi connectivity index (χ2n) is 8.07. The van der Waals surface area contributed by atoms with Gasteiger partial charge < -0.3 is 25.0 Å². The van der Waals surface area contributed by atoms with Crippen molar-refractivity contribution in [3.05, 3.63) is 0 Å². The maximum atomic E-state index is 11.7. The minimum Gasteiger partial charge on any atom is -0.444 e. The van der Waals surface area contributed by atoms with Crippen molar-refractivity contribution in [1.29, 1.82) is 0 Å². The molecule has 0 saturated carbocycles. The average molecular weight is 373 g/mol. The van der Waals surface area contributed by atoms with Gasteiger partial charge in [0.2, 0.25) is 5.91 Å². The summed E-state index contributed by atoms with van der Waals surface area (Å²) in [6, 6.07) is 0. The van der Waals surface area contributed by atoms with Crippen LogP contribution in [0.3, 0.4) is 0 Å². The Labute approximate surface area is 157 Å². The number of amides is 3. The minimum absolute atomic E-state index is 0.0421. The fourth-order valence-corrected chi connectivity index (χ4v) is 1.98. The SMILES string of the molecule is CC(=O)N(CCCNC(=O)OC(C)(C)C)CCCNC(=O)OC(C)(C)C. The third-order valence-corrected chi connectivity index (χ3v) is 2.99. The van der Waals surface area contributed by atoms with Gasteiger partial charge in [-0.2, -0.15) is 0 Å². The third kappa shape index (κ3) is 14.4. The average Bonchev–Trinajstić information content (AvgIpc) is 2.41. The summed E-state index contributed by atoms with van der Waals surface area (Å²) in [7, 11) is 0. The molecule has 0 spiro atoms. The molecule has 26 heavy (non-hydrogen) atoms. The van der Waals surface area contributed by atoms with Crippen LogP contribution in [-0.2, 0) is 14.3 Å². The summed E-state index contributed by atoms with van der Waals surface area (Å²) in [6.45, 7) is 14.2. The quantitative estimate of drug-likeness (QED) is 0.638. The topological polar surface area (TPSA) is 97.0 Å². The number of rotatable bonds is 8. The molecule has 8 heteroatoms. The first-order valence-electron chi connectivity index (χ1n) is 8.99. The largest absolute Gasteiger partial charge is 0.444 e. The van der Waals surface area contributed by atoms with Crippen molar-refractivity contribution in [2.45, 2.75) is 72.5 Å². The van der Waals surface area contributed by atoms with E-state index in [2.05, 4.69) is 10.6 Å². The lowest BCUT2D eigenvalue weighted by molar-refractivity contribution is -0.128. The van der Waals surface area contributed by atoms with E-state index < -0.39 is 23.4 Å². The van der Waals surface area contributed by atoms with Crippen LogP contribution in [0, 0.1) is 0 Å². The molecule has 3 amide bonds. The van der Waals surface area contributed by atoms with Gasteiger partial charge in [-0.1, -0.05) is 0 Å². The second-order valence-corrected chi connectivity index (χ2v) is 8.07. The first kappa shape index (κ1) is 24.0. The molecule has 0 heterocycles. The highest BCUT2D eigenvalue weighted by Gasteiger charge is 2.17. The Hall–Kier alpha value is -1.99. The van der Waals surface area contributed by atoms with Gasteiger partial charge in [0, 0.05) is 33.1 Å². The molecular formula is C18H35N3O5. The first-order valence-corrected chi connectivity index (χ1v) is 8.99. The van der Waals surface area contributed by atoms with Crippen molar-refractivity contribution in [2.24, 2.45) is 0 Å². The number of carbonyl (C=O) groups excluding carboxylic acids is 3. The molecule has 0 aromatic heterocycles. The van der Waals surface area contributed by atoms with Crippen molar-refractivity contribution >= 4 is 18.1 Å². The summed E-state index contributed by atoms with van der Waals surface area (Å²) in [5.74, 6) is -0.0421. The second kappa shape index (κ2) is 10.9. The molecular weight excluding hydrogens is 338 g/mol. The predicted octanol–water partition coefficient (Wildman–Crippen LogP) is 2.66. The fraction of sp³-hybridized carbons (Fsp3) is 0.833. The van der Waals surface area contributed by atoms with Crippen molar-refractivity contribution in [3.8, 4) is 0 Å². The number of ether oxygens (including phenoxy) is 2. The van der Waals surface area contributed by atoms with E-state index >= 15 is 0 Å². The standard InChI is InChI=1S/C18H35N3O5/c1-14(22)21(12-8-10-19-15(23)25-17(2,3)4)13-9-11-20-16(24)26-18(5,6)7/h8-13H2,1-7H3,(H,19,23)(H,20,24). The van der Waals surface area contributed by atoms with Gasteiger partial charge in [0.1, 0.15) is 11.2 Å². The summed E-state index contributed by atoms with van der Waals surface area (Å²) < 4.78 is 10.3. The lowest BCUT2D eigenvalue weighted by atomic mass is 10.2. The van der Waals surface area contributed by atoms with Gasteiger partial charge in [0.05, 0.1) is 0 Å². The highest BCUT2D eigenvalue weighted by atomic mass is 16.6. The van der Waals surface area contributed by atoms with Crippen LogP contribution in [-0.4, -0.2) is 60.4 Å². The first-order chi connectivity index (χ1) is 11.8. The van der Waals surface area contributed by atoms with Crippen LogP contribution < -0.4 is 10.6 Å². The van der Waals surface area contributed by atoms with Crippen molar-refractivity contribution in [2.75, 3.05) is 26.2 Å². The lowest BCUT2D eigenvalue weighted by Gasteiger charge is -2.23. The Bertz CT molecular complexity index is 430. The summed E-state index contributed by atoms with van der Waals surface area (Å²) in [4.78, 5) is 36.5. The van der Waals surface area contributed by atoms with E-state index in [1.54, 1.807) is 46.4 Å². The minimum atomic E-state index is -0.531. The van der Waals surface area contributed by atoms with Crippen LogP contribution >= 0.6 is 0 Å². The molecule has 0 aliphatic rings. The third-order valence-electron chi connectivity index (χ3n) is 2.99. The Morgan fingerprint density at radius 2 is 1.12 bits per heavy atom. The highest BCUT2D eigenvalue weighted by Crippen LogP contribution is 2.07. The summed E-state index contributed by atoms with van der Waals surface area (Å²) in [5, 5.41) is 5.33. The Kier molecular flexibility index (Phi) is 10.0. The van der Waals surface area contributed by atoms with Crippen LogP contribution in [0.1, 0.15) is 61.3 Å². The molecule has 8 nitrogen and oxygen atoms in total. The molecule has 0 atom stereocenters. The van der Waals surface area contributed by atoms with E-state index in [1.165, 1.54) is 6.92 Å². The molecule has 0 aliphatic carbocycles. The highest BCUT2D eigenvalue weighted by molar-refractivity contribution is 5.73. The summed E-state index contributed by atoms with van der Waals surface area (Å²) in [5.41, 5.74) is -1.06. The zero-order valence-electron chi connectivity index (χ0n) is 17.2. The molecule has 0 aromatic rings. The van der Waals surface area contributed by atoms with Gasteiger partial charge >= 0.3 is 12.2 Å². The molecule has 0 fully saturated rings. The molecule has 0 aromatic carbocycles. The maximum Gasteiger partial charge on any atom is 0.407 e. The molecule has 0 bridgehead atoms. The summed E-state index contributed by atoms with van der Waals surface area (Å²) >= 11 is 0. The number of nitrogens with one attached hydrogen (secondary N) is 2.